The lowest BCUT2D eigenvalue weighted by Gasteiger charge is -2.07. The van der Waals surface area contributed by atoms with Gasteiger partial charge in [0, 0.05) is 29.9 Å². The second-order valence-corrected chi connectivity index (χ2v) is 7.45. The number of aromatic nitrogens is 2. The summed E-state index contributed by atoms with van der Waals surface area (Å²) in [6, 6.07) is 20.9. The number of aryl methyl sites for hydroxylation is 2. The molecular weight excluding hydrogens is 358 g/mol. The van der Waals surface area contributed by atoms with Crippen LogP contribution in [-0.4, -0.2) is 22.4 Å². The van der Waals surface area contributed by atoms with Gasteiger partial charge in [0.1, 0.15) is 5.65 Å². The first kappa shape index (κ1) is 18.9. The smallest absolute Gasteiger partial charge is 0.224 e. The molecule has 2 aromatic heterocycles. The number of hydrogen-bond donors (Lipinski definition) is 2. The zero-order valence-electron chi connectivity index (χ0n) is 16.6. The van der Waals surface area contributed by atoms with Crippen LogP contribution in [-0.2, 0) is 17.6 Å². The average molecular weight is 383 g/mol. The van der Waals surface area contributed by atoms with Gasteiger partial charge in [0.2, 0.25) is 5.91 Å². The fraction of sp³-hybridized carbons (Fsp3) is 0.200. The van der Waals surface area contributed by atoms with Gasteiger partial charge in [-0.2, -0.15) is 0 Å². The van der Waals surface area contributed by atoms with E-state index in [2.05, 4.69) is 45.6 Å². The van der Waals surface area contributed by atoms with E-state index in [-0.39, 0.29) is 5.91 Å². The Labute approximate surface area is 171 Å². The van der Waals surface area contributed by atoms with Gasteiger partial charge < -0.3 is 10.3 Å². The Hall–Kier alpha value is -3.40. The van der Waals surface area contributed by atoms with Crippen molar-refractivity contribution in [2.45, 2.75) is 26.2 Å². The van der Waals surface area contributed by atoms with Gasteiger partial charge in [0.15, 0.2) is 0 Å². The maximum Gasteiger partial charge on any atom is 0.224 e. The molecule has 0 aliphatic rings. The van der Waals surface area contributed by atoms with E-state index in [9.17, 15) is 4.79 Å². The summed E-state index contributed by atoms with van der Waals surface area (Å²) in [6.45, 7) is 2.74. The molecule has 0 aliphatic heterocycles. The predicted octanol–water partition coefficient (Wildman–Crippen LogP) is 4.83. The molecule has 4 heteroatoms. The van der Waals surface area contributed by atoms with Crippen LogP contribution in [0.4, 0.5) is 0 Å². The first-order valence-corrected chi connectivity index (χ1v) is 10.0. The number of carbonyl (C=O) groups is 1. The number of H-pyrrole nitrogens is 1. The van der Waals surface area contributed by atoms with Crippen LogP contribution in [0.15, 0.2) is 73.1 Å². The van der Waals surface area contributed by atoms with Crippen molar-refractivity contribution in [1.82, 2.24) is 15.3 Å². The summed E-state index contributed by atoms with van der Waals surface area (Å²) in [6.07, 6.45) is 6.12. The van der Waals surface area contributed by atoms with E-state index in [4.69, 9.17) is 0 Å². The fourth-order valence-electron chi connectivity index (χ4n) is 3.44. The molecule has 0 saturated carbocycles. The normalized spacial score (nSPS) is 10.9. The van der Waals surface area contributed by atoms with Gasteiger partial charge in [0.25, 0.3) is 0 Å². The third-order valence-electron chi connectivity index (χ3n) is 5.14. The summed E-state index contributed by atoms with van der Waals surface area (Å²) in [7, 11) is 0. The van der Waals surface area contributed by atoms with Crippen LogP contribution in [0.2, 0.25) is 0 Å². The minimum Gasteiger partial charge on any atom is -0.356 e. The zero-order valence-corrected chi connectivity index (χ0v) is 16.6. The number of aromatic amines is 1. The Morgan fingerprint density at radius 1 is 0.966 bits per heavy atom. The molecule has 2 aromatic carbocycles. The summed E-state index contributed by atoms with van der Waals surface area (Å²) in [5.41, 5.74) is 6.73. The number of nitrogens with one attached hydrogen (secondary N) is 2. The van der Waals surface area contributed by atoms with Crippen LogP contribution in [0.3, 0.4) is 0 Å². The molecule has 0 unspecified atom stereocenters. The second kappa shape index (κ2) is 8.74. The molecule has 4 rings (SSSR count). The van der Waals surface area contributed by atoms with Crippen molar-refractivity contribution in [3.8, 4) is 11.1 Å². The molecule has 0 spiro atoms. The van der Waals surface area contributed by atoms with Crippen molar-refractivity contribution in [3.63, 3.8) is 0 Å². The number of fused-ring (bicyclic) bond motifs is 1. The Kier molecular flexibility index (Phi) is 5.71. The monoisotopic (exact) mass is 383 g/mol. The largest absolute Gasteiger partial charge is 0.356 e. The lowest BCUT2D eigenvalue weighted by molar-refractivity contribution is -0.120. The van der Waals surface area contributed by atoms with Crippen LogP contribution in [0.1, 0.15) is 23.1 Å². The molecule has 0 radical (unpaired) electrons. The lowest BCUT2D eigenvalue weighted by Crippen LogP contribution is -2.26. The first-order valence-electron chi connectivity index (χ1n) is 10.0. The zero-order chi connectivity index (χ0) is 20.1. The SMILES string of the molecule is Cc1ccc(CC(=O)NCCCc2ccc(-c3cnc4[nH]ccc4c3)cc2)cc1. The number of benzene rings is 2. The van der Waals surface area contributed by atoms with E-state index in [1.54, 1.807) is 0 Å². The van der Waals surface area contributed by atoms with Crippen molar-refractivity contribution >= 4 is 16.9 Å². The Balaban J connectivity index is 1.25. The lowest BCUT2D eigenvalue weighted by atomic mass is 10.0. The van der Waals surface area contributed by atoms with Gasteiger partial charge in [-0.15, -0.1) is 0 Å². The van der Waals surface area contributed by atoms with E-state index in [1.165, 1.54) is 11.1 Å². The molecule has 0 saturated heterocycles. The van der Waals surface area contributed by atoms with Gasteiger partial charge in [-0.05, 0) is 48.6 Å². The number of hydrogen-bond acceptors (Lipinski definition) is 2. The van der Waals surface area contributed by atoms with Gasteiger partial charge in [0.05, 0.1) is 6.42 Å². The molecular formula is C25H25N3O. The van der Waals surface area contributed by atoms with Crippen LogP contribution >= 0.6 is 0 Å². The highest BCUT2D eigenvalue weighted by Crippen LogP contribution is 2.22. The molecule has 4 nitrogen and oxygen atoms in total. The summed E-state index contributed by atoms with van der Waals surface area (Å²) < 4.78 is 0. The molecule has 146 valence electrons. The first-order chi connectivity index (χ1) is 14.2. The highest BCUT2D eigenvalue weighted by Gasteiger charge is 2.04. The van der Waals surface area contributed by atoms with Crippen molar-refractivity contribution in [1.29, 1.82) is 0 Å². The number of amides is 1. The minimum absolute atomic E-state index is 0.0804. The molecule has 0 atom stereocenters. The second-order valence-electron chi connectivity index (χ2n) is 7.45. The molecule has 29 heavy (non-hydrogen) atoms. The van der Waals surface area contributed by atoms with Crippen LogP contribution in [0.25, 0.3) is 22.2 Å². The molecule has 0 aliphatic carbocycles. The average Bonchev–Trinajstić information content (AvgIpc) is 3.21. The molecule has 4 aromatic rings. The van der Waals surface area contributed by atoms with Crippen molar-refractivity contribution < 1.29 is 4.79 Å². The Bertz CT molecular complexity index is 1100. The number of pyridine rings is 1. The quantitative estimate of drug-likeness (QED) is 0.449. The highest BCUT2D eigenvalue weighted by atomic mass is 16.1. The maximum atomic E-state index is 12.1. The van der Waals surface area contributed by atoms with Gasteiger partial charge in [-0.25, -0.2) is 4.98 Å². The highest BCUT2D eigenvalue weighted by molar-refractivity contribution is 5.81. The van der Waals surface area contributed by atoms with Crippen LogP contribution in [0, 0.1) is 6.92 Å². The molecule has 2 N–H and O–H groups in total. The molecule has 1 amide bonds. The third kappa shape index (κ3) is 4.91. The Morgan fingerprint density at radius 3 is 2.52 bits per heavy atom. The molecule has 0 fully saturated rings. The topological polar surface area (TPSA) is 57.8 Å². The summed E-state index contributed by atoms with van der Waals surface area (Å²) in [5.74, 6) is 0.0804. The van der Waals surface area contributed by atoms with Gasteiger partial charge in [-0.3, -0.25) is 4.79 Å². The Morgan fingerprint density at radius 2 is 1.72 bits per heavy atom. The van der Waals surface area contributed by atoms with Crippen molar-refractivity contribution in [3.05, 3.63) is 89.7 Å². The summed E-state index contributed by atoms with van der Waals surface area (Å²) in [5, 5.41) is 4.14. The molecule has 2 heterocycles. The van der Waals surface area contributed by atoms with E-state index in [0.29, 0.717) is 13.0 Å². The minimum atomic E-state index is 0.0804. The fourth-order valence-corrected chi connectivity index (χ4v) is 3.44. The van der Waals surface area contributed by atoms with E-state index < -0.39 is 0 Å². The maximum absolute atomic E-state index is 12.1. The van der Waals surface area contributed by atoms with E-state index in [1.807, 2.05) is 49.6 Å². The summed E-state index contributed by atoms with van der Waals surface area (Å²) in [4.78, 5) is 19.6. The third-order valence-corrected chi connectivity index (χ3v) is 5.14. The van der Waals surface area contributed by atoms with Crippen molar-refractivity contribution in [2.75, 3.05) is 6.54 Å². The predicted molar refractivity (Wildman–Crippen MR) is 118 cm³/mol. The van der Waals surface area contributed by atoms with Crippen molar-refractivity contribution in [2.24, 2.45) is 0 Å². The van der Waals surface area contributed by atoms with Crippen LogP contribution < -0.4 is 5.32 Å². The number of rotatable bonds is 7. The van der Waals surface area contributed by atoms with E-state index in [0.717, 1.165) is 40.6 Å². The summed E-state index contributed by atoms with van der Waals surface area (Å²) >= 11 is 0. The number of carbonyl (C=O) groups excluding carboxylic acids is 1. The van der Waals surface area contributed by atoms with Gasteiger partial charge in [-0.1, -0.05) is 54.1 Å². The van der Waals surface area contributed by atoms with E-state index >= 15 is 0 Å². The standard InChI is InChI=1S/C25H25N3O/c1-18-4-6-20(7-5-18)15-24(29)26-13-2-3-19-8-10-21(11-9-19)23-16-22-12-14-27-25(22)28-17-23/h4-12,14,16-17H,2-3,13,15H2,1H3,(H,26,29)(H,27,28). The van der Waals surface area contributed by atoms with Crippen LogP contribution in [0.5, 0.6) is 0 Å². The molecule has 0 bridgehead atoms. The number of nitrogens with zero attached hydrogens (tertiary/aromatic N) is 1. The van der Waals surface area contributed by atoms with Gasteiger partial charge >= 0.3 is 0 Å².